The van der Waals surface area contributed by atoms with Gasteiger partial charge in [0.2, 0.25) is 5.82 Å². The number of anilines is 1. The molecule has 0 atom stereocenters. The van der Waals surface area contributed by atoms with Gasteiger partial charge in [0.05, 0.1) is 5.69 Å². The van der Waals surface area contributed by atoms with Crippen molar-refractivity contribution >= 4 is 22.4 Å². The van der Waals surface area contributed by atoms with E-state index in [0.717, 1.165) is 27.3 Å². The zero-order valence-electron chi connectivity index (χ0n) is 16.4. The van der Waals surface area contributed by atoms with Crippen LogP contribution >= 0.6 is 11.3 Å². The van der Waals surface area contributed by atoms with Crippen molar-refractivity contribution in [3.8, 4) is 22.2 Å². The number of aryl methyl sites for hydroxylation is 3. The number of nitrogens with zero attached hydrogens (tertiary/aromatic N) is 3. The Morgan fingerprint density at radius 1 is 1.07 bits per heavy atom. The minimum absolute atomic E-state index is 0.188. The Bertz CT molecular complexity index is 1160. The van der Waals surface area contributed by atoms with Gasteiger partial charge in [-0.25, -0.2) is 4.98 Å². The Balaban J connectivity index is 1.60. The van der Waals surface area contributed by atoms with E-state index >= 15 is 0 Å². The van der Waals surface area contributed by atoms with Crippen molar-refractivity contribution in [3.63, 3.8) is 0 Å². The van der Waals surface area contributed by atoms with Crippen molar-refractivity contribution < 1.29 is 9.32 Å². The van der Waals surface area contributed by atoms with E-state index in [1.807, 2.05) is 69.3 Å². The van der Waals surface area contributed by atoms with Crippen LogP contribution in [0.1, 0.15) is 34.1 Å². The molecule has 0 unspecified atom stereocenters. The fourth-order valence-corrected chi connectivity index (χ4v) is 3.85. The van der Waals surface area contributed by atoms with E-state index in [0.29, 0.717) is 28.8 Å². The maximum absolute atomic E-state index is 12.6. The van der Waals surface area contributed by atoms with Crippen LogP contribution in [0.5, 0.6) is 0 Å². The fourth-order valence-electron chi connectivity index (χ4n) is 2.88. The molecule has 0 fully saturated rings. The topological polar surface area (TPSA) is 80.9 Å². The highest BCUT2D eigenvalue weighted by Crippen LogP contribution is 2.33. The molecular formula is C22H20N4O2S. The summed E-state index contributed by atoms with van der Waals surface area (Å²) in [7, 11) is 0. The number of hydrogen-bond donors (Lipinski definition) is 1. The van der Waals surface area contributed by atoms with Gasteiger partial charge in [-0.1, -0.05) is 59.8 Å². The summed E-state index contributed by atoms with van der Waals surface area (Å²) < 4.78 is 5.48. The first-order valence-electron chi connectivity index (χ1n) is 9.33. The Kier molecular flexibility index (Phi) is 5.22. The predicted octanol–water partition coefficient (Wildman–Crippen LogP) is 5.29. The zero-order chi connectivity index (χ0) is 20.4. The third kappa shape index (κ3) is 3.95. The average Bonchev–Trinajstić information content (AvgIpc) is 3.37. The van der Waals surface area contributed by atoms with E-state index in [1.54, 1.807) is 0 Å². The van der Waals surface area contributed by atoms with Crippen molar-refractivity contribution in [2.45, 2.75) is 27.2 Å². The van der Waals surface area contributed by atoms with Crippen molar-refractivity contribution in [3.05, 3.63) is 70.9 Å². The number of nitrogens with one attached hydrogen (secondary N) is 1. The summed E-state index contributed by atoms with van der Waals surface area (Å²) in [6.07, 6.45) is 0.689. The number of aromatic nitrogens is 3. The first-order valence-corrected chi connectivity index (χ1v) is 10.1. The van der Waals surface area contributed by atoms with Gasteiger partial charge in [0.15, 0.2) is 5.13 Å². The number of hydrogen-bond acceptors (Lipinski definition) is 6. The number of amides is 1. The summed E-state index contributed by atoms with van der Waals surface area (Å²) in [4.78, 5) is 22.5. The molecular weight excluding hydrogens is 384 g/mol. The largest absolute Gasteiger partial charge is 0.333 e. The van der Waals surface area contributed by atoms with E-state index in [2.05, 4.69) is 20.4 Å². The Morgan fingerprint density at radius 2 is 1.86 bits per heavy atom. The van der Waals surface area contributed by atoms with Crippen LogP contribution in [0, 0.1) is 13.8 Å². The van der Waals surface area contributed by atoms with Crippen LogP contribution in [-0.4, -0.2) is 21.0 Å². The van der Waals surface area contributed by atoms with E-state index < -0.39 is 0 Å². The second kappa shape index (κ2) is 7.97. The van der Waals surface area contributed by atoms with Gasteiger partial charge in [0.25, 0.3) is 11.8 Å². The molecule has 0 bridgehead atoms. The Labute approximate surface area is 172 Å². The number of benzene rings is 2. The van der Waals surface area contributed by atoms with E-state index in [1.165, 1.54) is 11.3 Å². The normalized spacial score (nSPS) is 10.9. The summed E-state index contributed by atoms with van der Waals surface area (Å²) in [6, 6.07) is 15.3. The summed E-state index contributed by atoms with van der Waals surface area (Å²) in [6.45, 7) is 6.01. The Morgan fingerprint density at radius 3 is 2.59 bits per heavy atom. The number of thiazole rings is 1. The highest BCUT2D eigenvalue weighted by molar-refractivity contribution is 7.19. The minimum Gasteiger partial charge on any atom is -0.333 e. The van der Waals surface area contributed by atoms with Crippen molar-refractivity contribution in [2.75, 3.05) is 5.32 Å². The minimum atomic E-state index is -0.188. The van der Waals surface area contributed by atoms with Crippen molar-refractivity contribution in [1.29, 1.82) is 0 Å². The molecule has 2 aromatic heterocycles. The summed E-state index contributed by atoms with van der Waals surface area (Å²) in [5.74, 6) is 0.744. The van der Waals surface area contributed by atoms with Gasteiger partial charge >= 0.3 is 0 Å². The van der Waals surface area contributed by atoms with Crippen molar-refractivity contribution in [2.24, 2.45) is 0 Å². The fraction of sp³-hybridized carbons (Fsp3) is 0.182. The summed E-state index contributed by atoms with van der Waals surface area (Å²) in [5.41, 5.74) is 4.53. The summed E-state index contributed by atoms with van der Waals surface area (Å²) >= 11 is 1.34. The molecule has 6 nitrogen and oxygen atoms in total. The number of carbonyl (C=O) groups is 1. The van der Waals surface area contributed by atoms with Crippen LogP contribution in [0.25, 0.3) is 22.2 Å². The maximum atomic E-state index is 12.6. The second-order valence-electron chi connectivity index (χ2n) is 6.69. The van der Waals surface area contributed by atoms with Gasteiger partial charge < -0.3 is 4.52 Å². The SMILES string of the molecule is CCc1nc(NC(=O)c2ccc(C)c(C)c2)sc1-c1nc(-c2ccccc2)no1. The summed E-state index contributed by atoms with van der Waals surface area (Å²) in [5, 5.41) is 7.48. The van der Waals surface area contributed by atoms with Crippen LogP contribution < -0.4 is 5.32 Å². The molecule has 0 saturated heterocycles. The second-order valence-corrected chi connectivity index (χ2v) is 7.69. The molecule has 0 spiro atoms. The van der Waals surface area contributed by atoms with Gasteiger partial charge in [-0.3, -0.25) is 10.1 Å². The first-order chi connectivity index (χ1) is 14.0. The number of carbonyl (C=O) groups excluding carboxylic acids is 1. The van der Waals surface area contributed by atoms with Gasteiger partial charge in [0, 0.05) is 11.1 Å². The Hall–Kier alpha value is -3.32. The van der Waals surface area contributed by atoms with Crippen LogP contribution in [0.15, 0.2) is 53.1 Å². The van der Waals surface area contributed by atoms with E-state index in [-0.39, 0.29) is 5.91 Å². The average molecular weight is 404 g/mol. The zero-order valence-corrected chi connectivity index (χ0v) is 17.2. The molecule has 0 aliphatic rings. The smallest absolute Gasteiger partial charge is 0.270 e. The quantitative estimate of drug-likeness (QED) is 0.489. The molecule has 4 rings (SSSR count). The number of rotatable bonds is 5. The van der Waals surface area contributed by atoms with Crippen LogP contribution in [0.4, 0.5) is 5.13 Å². The molecule has 7 heteroatoms. The lowest BCUT2D eigenvalue weighted by Gasteiger charge is -2.04. The molecule has 29 heavy (non-hydrogen) atoms. The lowest BCUT2D eigenvalue weighted by Crippen LogP contribution is -2.12. The monoisotopic (exact) mass is 404 g/mol. The third-order valence-electron chi connectivity index (χ3n) is 4.67. The standard InChI is InChI=1S/C22H20N4O2S/c1-4-17-18(21-24-19(26-28-21)15-8-6-5-7-9-15)29-22(23-17)25-20(27)16-11-10-13(2)14(3)12-16/h5-12H,4H2,1-3H3,(H,23,25,27). The van der Waals surface area contributed by atoms with E-state index in [4.69, 9.17) is 4.52 Å². The molecule has 146 valence electrons. The van der Waals surface area contributed by atoms with Crippen LogP contribution in [0.2, 0.25) is 0 Å². The molecule has 0 aliphatic heterocycles. The maximum Gasteiger partial charge on any atom is 0.270 e. The molecule has 0 radical (unpaired) electrons. The first kappa shape index (κ1) is 19.0. The van der Waals surface area contributed by atoms with Gasteiger partial charge in [-0.2, -0.15) is 4.98 Å². The molecule has 1 N–H and O–H groups in total. The van der Waals surface area contributed by atoms with Crippen molar-refractivity contribution in [1.82, 2.24) is 15.1 Å². The van der Waals surface area contributed by atoms with Gasteiger partial charge in [-0.05, 0) is 43.5 Å². The molecule has 2 aromatic carbocycles. The van der Waals surface area contributed by atoms with Crippen LogP contribution in [0.3, 0.4) is 0 Å². The van der Waals surface area contributed by atoms with E-state index in [9.17, 15) is 4.79 Å². The lowest BCUT2D eigenvalue weighted by atomic mass is 10.1. The molecule has 0 aliphatic carbocycles. The molecule has 0 saturated carbocycles. The lowest BCUT2D eigenvalue weighted by molar-refractivity contribution is 0.102. The molecule has 2 heterocycles. The highest BCUT2D eigenvalue weighted by atomic mass is 32.1. The van der Waals surface area contributed by atoms with Crippen LogP contribution in [-0.2, 0) is 6.42 Å². The third-order valence-corrected chi connectivity index (χ3v) is 5.68. The predicted molar refractivity (Wildman–Crippen MR) is 114 cm³/mol. The van der Waals surface area contributed by atoms with Gasteiger partial charge in [-0.15, -0.1) is 0 Å². The van der Waals surface area contributed by atoms with Gasteiger partial charge in [0.1, 0.15) is 4.88 Å². The highest BCUT2D eigenvalue weighted by Gasteiger charge is 2.20. The molecule has 4 aromatic rings. The molecule has 1 amide bonds.